The largest absolute Gasteiger partial charge is 0.521 e. The number of quaternary nitrogens is 1. The fourth-order valence-corrected chi connectivity index (χ4v) is 4.65. The first kappa shape index (κ1) is 21.7. The average molecular weight is 402 g/mol. The van der Waals surface area contributed by atoms with E-state index in [1.165, 1.54) is 6.92 Å². The van der Waals surface area contributed by atoms with Gasteiger partial charge in [-0.3, -0.25) is 4.79 Å². The molecule has 0 aromatic carbocycles. The molecular weight excluding hydrogens is 372 g/mol. The molecule has 2 rings (SSSR count). The molecule has 152 valence electrons. The normalized spacial score (nSPS) is 29.3. The predicted octanol–water partition coefficient (Wildman–Crippen LogP) is 2.75. The van der Waals surface area contributed by atoms with Crippen LogP contribution < -0.4 is 5.32 Å². The van der Waals surface area contributed by atoms with Crippen molar-refractivity contribution in [2.45, 2.75) is 71.1 Å². The Morgan fingerprint density at radius 3 is 2.44 bits per heavy atom. The third kappa shape index (κ3) is 5.01. The maximum Gasteiger partial charge on any atom is 0.521 e. The third-order valence-electron chi connectivity index (χ3n) is 5.49. The van der Waals surface area contributed by atoms with Gasteiger partial charge < -0.3 is 15.2 Å². The molecular formula is C18H29N2O6S+. The van der Waals surface area contributed by atoms with Crippen LogP contribution >= 0.6 is 11.8 Å². The first-order valence-electron chi connectivity index (χ1n) is 9.43. The van der Waals surface area contributed by atoms with Crippen molar-refractivity contribution in [3.05, 3.63) is 0 Å². The van der Waals surface area contributed by atoms with Crippen LogP contribution in [-0.2, 0) is 14.3 Å². The van der Waals surface area contributed by atoms with Crippen molar-refractivity contribution in [3.63, 3.8) is 0 Å². The van der Waals surface area contributed by atoms with Gasteiger partial charge in [0.05, 0.1) is 5.92 Å². The lowest BCUT2D eigenvalue weighted by molar-refractivity contribution is -0.795. The van der Waals surface area contributed by atoms with E-state index in [4.69, 9.17) is 4.74 Å². The number of ether oxygens (including phenoxy) is 1. The van der Waals surface area contributed by atoms with Gasteiger partial charge in [0, 0.05) is 25.1 Å². The van der Waals surface area contributed by atoms with Gasteiger partial charge in [-0.2, -0.15) is 9.28 Å². The molecule has 27 heavy (non-hydrogen) atoms. The molecule has 1 aliphatic carbocycles. The van der Waals surface area contributed by atoms with E-state index in [1.54, 1.807) is 13.8 Å². The summed E-state index contributed by atoms with van der Waals surface area (Å²) in [4.78, 5) is 48.3. The van der Waals surface area contributed by atoms with E-state index in [1.807, 2.05) is 0 Å². The molecule has 4 atom stereocenters. The highest BCUT2D eigenvalue weighted by Crippen LogP contribution is 2.33. The Morgan fingerprint density at radius 2 is 1.89 bits per heavy atom. The summed E-state index contributed by atoms with van der Waals surface area (Å²) in [6, 6.07) is -0.399. The summed E-state index contributed by atoms with van der Waals surface area (Å²) in [5, 5.41) is 12.5. The van der Waals surface area contributed by atoms with Crippen LogP contribution in [0.1, 0.15) is 52.9 Å². The molecule has 2 fully saturated rings. The number of rotatable bonds is 5. The number of imide groups is 1. The second-order valence-electron chi connectivity index (χ2n) is 7.61. The monoisotopic (exact) mass is 401 g/mol. The Hall–Kier alpha value is -1.61. The molecule has 0 spiro atoms. The van der Waals surface area contributed by atoms with Crippen LogP contribution in [0.15, 0.2) is 0 Å². The van der Waals surface area contributed by atoms with Crippen molar-refractivity contribution in [3.8, 4) is 0 Å². The number of hydrogen-bond donors (Lipinski definition) is 2. The molecule has 1 aliphatic heterocycles. The van der Waals surface area contributed by atoms with Crippen molar-refractivity contribution in [2.24, 2.45) is 5.92 Å². The van der Waals surface area contributed by atoms with E-state index in [9.17, 15) is 24.3 Å². The minimum absolute atomic E-state index is 0.0809. The summed E-state index contributed by atoms with van der Waals surface area (Å²) >= 11 is 1.01. The van der Waals surface area contributed by atoms with Crippen molar-refractivity contribution in [1.82, 2.24) is 5.32 Å². The van der Waals surface area contributed by atoms with Crippen LogP contribution in [0.2, 0.25) is 0 Å². The molecule has 0 aromatic rings. The van der Waals surface area contributed by atoms with Crippen LogP contribution in [0, 0.1) is 5.92 Å². The standard InChI is InChI=1S/C18H28N2O6S/c1-11(10-27-13(3)21)16(22)20(18(24)25)9-15(8-12(20)2)26-17(23)19-14-6-4-5-7-14/h11-12,14-15H,4-10H2,1-3H3,(H-,19,23,24,25)/p+1/t11?,12-,15+,20-/m1/s1. The number of likely N-dealkylation sites (tertiary alicyclic amines) is 1. The molecule has 1 unspecified atom stereocenters. The Labute approximate surface area is 163 Å². The van der Waals surface area contributed by atoms with Crippen molar-refractivity contribution in [2.75, 3.05) is 12.3 Å². The van der Waals surface area contributed by atoms with Gasteiger partial charge in [-0.25, -0.2) is 9.59 Å². The molecule has 1 heterocycles. The minimum atomic E-state index is -1.24. The lowest BCUT2D eigenvalue weighted by Gasteiger charge is -2.31. The van der Waals surface area contributed by atoms with E-state index >= 15 is 0 Å². The number of amides is 3. The van der Waals surface area contributed by atoms with E-state index in [0.29, 0.717) is 6.42 Å². The number of carbonyl (C=O) groups is 4. The second kappa shape index (κ2) is 9.05. The summed E-state index contributed by atoms with van der Waals surface area (Å²) in [6.07, 6.45) is 1.90. The van der Waals surface area contributed by atoms with Gasteiger partial charge in [0.15, 0.2) is 11.2 Å². The Morgan fingerprint density at radius 1 is 1.26 bits per heavy atom. The smallest absolute Gasteiger partial charge is 0.440 e. The molecule has 0 aromatic heterocycles. The van der Waals surface area contributed by atoms with Crippen molar-refractivity contribution < 1.29 is 33.5 Å². The topological polar surface area (TPSA) is 110 Å². The first-order valence-corrected chi connectivity index (χ1v) is 10.4. The fourth-order valence-electron chi connectivity index (χ4n) is 4.02. The van der Waals surface area contributed by atoms with Crippen LogP contribution in [0.25, 0.3) is 0 Å². The number of alkyl carbamates (subject to hydrolysis) is 1. The van der Waals surface area contributed by atoms with Crippen LogP contribution in [0.5, 0.6) is 0 Å². The summed E-state index contributed by atoms with van der Waals surface area (Å²) in [5.41, 5.74) is 0. The quantitative estimate of drug-likeness (QED) is 0.682. The zero-order valence-electron chi connectivity index (χ0n) is 16.1. The summed E-state index contributed by atoms with van der Waals surface area (Å²) < 4.78 is 4.67. The molecule has 2 N–H and O–H groups in total. The number of nitrogens with zero attached hydrogens (tertiary/aromatic N) is 1. The maximum absolute atomic E-state index is 13.0. The van der Waals surface area contributed by atoms with Crippen LogP contribution in [-0.4, -0.2) is 63.3 Å². The highest BCUT2D eigenvalue weighted by Gasteiger charge is 2.58. The lowest BCUT2D eigenvalue weighted by atomic mass is 10.1. The zero-order chi connectivity index (χ0) is 20.2. The van der Waals surface area contributed by atoms with Gasteiger partial charge >= 0.3 is 18.1 Å². The Balaban J connectivity index is 2.03. The number of carbonyl (C=O) groups excluding carboxylic acids is 3. The SMILES string of the molecule is CC(=O)SCC(C)C(=O)[N@@+]1(C(=O)O)C[C@@H](OC(=O)NC2CCCC2)C[C@H]1C. The van der Waals surface area contributed by atoms with E-state index < -0.39 is 40.6 Å². The average Bonchev–Trinajstić information content (AvgIpc) is 3.19. The molecule has 2 aliphatic rings. The van der Waals surface area contributed by atoms with Crippen LogP contribution in [0.4, 0.5) is 9.59 Å². The first-order chi connectivity index (χ1) is 12.7. The van der Waals surface area contributed by atoms with Gasteiger partial charge in [0.1, 0.15) is 12.6 Å². The second-order valence-corrected chi connectivity index (χ2v) is 8.81. The predicted molar refractivity (Wildman–Crippen MR) is 100 cm³/mol. The van der Waals surface area contributed by atoms with Crippen molar-refractivity contribution in [1.29, 1.82) is 0 Å². The van der Waals surface area contributed by atoms with Gasteiger partial charge in [0.2, 0.25) is 0 Å². The molecule has 1 saturated carbocycles. The van der Waals surface area contributed by atoms with Crippen molar-refractivity contribution >= 4 is 35.0 Å². The molecule has 0 bridgehead atoms. The van der Waals surface area contributed by atoms with Gasteiger partial charge in [-0.05, 0) is 26.7 Å². The summed E-state index contributed by atoms with van der Waals surface area (Å²) in [6.45, 7) is 4.65. The Bertz CT molecular complexity index is 607. The van der Waals surface area contributed by atoms with Gasteiger partial charge in [0.25, 0.3) is 0 Å². The number of carboxylic acid groups (broad SMARTS) is 1. The Kier molecular flexibility index (Phi) is 7.27. The van der Waals surface area contributed by atoms with E-state index in [0.717, 1.165) is 37.4 Å². The molecule has 8 nitrogen and oxygen atoms in total. The molecule has 9 heteroatoms. The minimum Gasteiger partial charge on any atom is -0.440 e. The molecule has 0 radical (unpaired) electrons. The zero-order valence-corrected chi connectivity index (χ0v) is 16.9. The highest BCUT2D eigenvalue weighted by atomic mass is 32.2. The fraction of sp³-hybridized carbons (Fsp3) is 0.778. The maximum atomic E-state index is 13.0. The highest BCUT2D eigenvalue weighted by molar-refractivity contribution is 8.13. The van der Waals surface area contributed by atoms with E-state index in [-0.39, 0.29) is 23.5 Å². The summed E-state index contributed by atoms with van der Waals surface area (Å²) in [7, 11) is 0. The molecule has 3 amide bonds. The number of hydrogen-bond acceptors (Lipinski definition) is 6. The lowest BCUT2D eigenvalue weighted by Crippen LogP contribution is -2.61. The molecule has 1 saturated heterocycles. The van der Waals surface area contributed by atoms with E-state index in [2.05, 4.69) is 5.32 Å². The number of nitrogens with one attached hydrogen (secondary N) is 1. The van der Waals surface area contributed by atoms with Gasteiger partial charge in [-0.15, -0.1) is 0 Å². The summed E-state index contributed by atoms with van der Waals surface area (Å²) in [5.74, 6) is -0.809. The van der Waals surface area contributed by atoms with Crippen LogP contribution in [0.3, 0.4) is 0 Å². The number of thioether (sulfide) groups is 1. The van der Waals surface area contributed by atoms with Gasteiger partial charge in [-0.1, -0.05) is 24.6 Å². The third-order valence-corrected chi connectivity index (χ3v) is 6.56.